The molecule has 0 bridgehead atoms. The van der Waals surface area contributed by atoms with Gasteiger partial charge >= 0.3 is 5.97 Å². The van der Waals surface area contributed by atoms with Gasteiger partial charge in [-0.1, -0.05) is 78.1 Å². The summed E-state index contributed by atoms with van der Waals surface area (Å²) in [5, 5.41) is 0. The lowest BCUT2D eigenvalue weighted by Gasteiger charge is -2.17. The molecule has 0 N–H and O–H groups in total. The van der Waals surface area contributed by atoms with Gasteiger partial charge in [0.15, 0.2) is 0 Å². The molecule has 0 spiro atoms. The Morgan fingerprint density at radius 3 is 2.00 bits per heavy atom. The average molecular weight is 338 g/mol. The van der Waals surface area contributed by atoms with E-state index in [4.69, 9.17) is 11.3 Å². The molecule has 0 aliphatic rings. The summed E-state index contributed by atoms with van der Waals surface area (Å²) in [5.41, 5.74) is 0. The molecule has 0 rings (SSSR count). The second-order valence-electron chi connectivity index (χ2n) is 6.94. The maximum Gasteiger partial charge on any atom is 0.306 e. The van der Waals surface area contributed by atoms with Crippen LogP contribution in [0.1, 0.15) is 104 Å². The van der Waals surface area contributed by atoms with Crippen LogP contribution in [0.5, 0.6) is 0 Å². The molecule has 3 nitrogen and oxygen atoms in total. The van der Waals surface area contributed by atoms with Crippen LogP contribution in [0.3, 0.4) is 0 Å². The quantitative estimate of drug-likeness (QED) is 0.171. The molecule has 0 heterocycles. The molecular formula is C21H39NO2. The third kappa shape index (κ3) is 15.8. The van der Waals surface area contributed by atoms with Crippen LogP contribution >= 0.6 is 0 Å². The molecule has 1 atom stereocenters. The summed E-state index contributed by atoms with van der Waals surface area (Å²) < 4.78 is 5.46. The molecule has 0 saturated heterocycles. The molecule has 0 amide bonds. The number of esters is 1. The summed E-state index contributed by atoms with van der Waals surface area (Å²) in [6.45, 7) is 12.2. The van der Waals surface area contributed by atoms with E-state index in [2.05, 4.69) is 18.7 Å². The van der Waals surface area contributed by atoms with Gasteiger partial charge in [-0.3, -0.25) is 4.79 Å². The van der Waals surface area contributed by atoms with E-state index in [-0.39, 0.29) is 5.97 Å². The van der Waals surface area contributed by atoms with Gasteiger partial charge in [0, 0.05) is 6.42 Å². The molecule has 1 unspecified atom stereocenters. The van der Waals surface area contributed by atoms with Gasteiger partial charge in [0.2, 0.25) is 6.54 Å². The predicted molar refractivity (Wildman–Crippen MR) is 102 cm³/mol. The number of hydrogen-bond donors (Lipinski definition) is 0. The van der Waals surface area contributed by atoms with Crippen molar-refractivity contribution < 1.29 is 9.53 Å². The molecule has 3 heteroatoms. The summed E-state index contributed by atoms with van der Waals surface area (Å²) in [7, 11) is 0. The standard InChI is InChI=1S/C21H39NO2/c1-4-6-8-10-11-13-16-20(15-12-9-7-5-2)19-24-21(23)17-14-18-22-3/h20H,4-19H2,1-2H3. The van der Waals surface area contributed by atoms with Gasteiger partial charge in [-0.15, -0.1) is 0 Å². The van der Waals surface area contributed by atoms with Crippen LogP contribution in [0.4, 0.5) is 0 Å². The van der Waals surface area contributed by atoms with Crippen LogP contribution in [0.25, 0.3) is 4.85 Å². The number of hydrogen-bond acceptors (Lipinski definition) is 2. The van der Waals surface area contributed by atoms with E-state index in [1.54, 1.807) is 0 Å². The Bertz CT molecular complexity index is 322. The SMILES string of the molecule is [C-]#[N+]CCCC(=O)OCC(CCCCCC)CCCCCCCC. The fourth-order valence-corrected chi connectivity index (χ4v) is 2.97. The minimum Gasteiger partial charge on any atom is -0.465 e. The minimum atomic E-state index is -0.125. The summed E-state index contributed by atoms with van der Waals surface area (Å²) in [5.74, 6) is 0.401. The van der Waals surface area contributed by atoms with Gasteiger partial charge in [-0.05, 0) is 18.8 Å². The fourth-order valence-electron chi connectivity index (χ4n) is 2.97. The lowest BCUT2D eigenvalue weighted by Crippen LogP contribution is -2.14. The summed E-state index contributed by atoms with van der Waals surface area (Å²) in [4.78, 5) is 15.0. The Labute approximate surface area is 150 Å². The highest BCUT2D eigenvalue weighted by Gasteiger charge is 2.12. The van der Waals surface area contributed by atoms with E-state index in [0.29, 0.717) is 31.9 Å². The Hall–Kier alpha value is -1.04. The second kappa shape index (κ2) is 18.3. The number of ether oxygens (including phenoxy) is 1. The highest BCUT2D eigenvalue weighted by atomic mass is 16.5. The van der Waals surface area contributed by atoms with Gasteiger partial charge in [-0.25, -0.2) is 6.57 Å². The smallest absolute Gasteiger partial charge is 0.306 e. The van der Waals surface area contributed by atoms with Crippen molar-refractivity contribution in [2.24, 2.45) is 5.92 Å². The Kier molecular flexibility index (Phi) is 17.5. The zero-order chi connectivity index (χ0) is 17.9. The zero-order valence-electron chi connectivity index (χ0n) is 16.2. The van der Waals surface area contributed by atoms with Crippen LogP contribution in [0.15, 0.2) is 0 Å². The van der Waals surface area contributed by atoms with Gasteiger partial charge in [-0.2, -0.15) is 0 Å². The second-order valence-corrected chi connectivity index (χ2v) is 6.94. The fraction of sp³-hybridized carbons (Fsp3) is 0.905. The van der Waals surface area contributed by atoms with Crippen molar-refractivity contribution in [3.8, 4) is 0 Å². The van der Waals surface area contributed by atoms with Crippen molar-refractivity contribution in [3.05, 3.63) is 11.4 Å². The first-order valence-electron chi connectivity index (χ1n) is 10.2. The number of unbranched alkanes of at least 4 members (excludes halogenated alkanes) is 8. The molecule has 0 aromatic rings. The number of nitrogens with zero attached hydrogens (tertiary/aromatic N) is 1. The molecule has 0 aliphatic heterocycles. The van der Waals surface area contributed by atoms with E-state index in [1.165, 1.54) is 77.0 Å². The molecule has 0 saturated carbocycles. The van der Waals surface area contributed by atoms with Gasteiger partial charge in [0.1, 0.15) is 0 Å². The van der Waals surface area contributed by atoms with E-state index >= 15 is 0 Å². The van der Waals surface area contributed by atoms with Gasteiger partial charge in [0.05, 0.1) is 13.0 Å². The lowest BCUT2D eigenvalue weighted by molar-refractivity contribution is -0.145. The van der Waals surface area contributed by atoms with Crippen molar-refractivity contribution in [2.75, 3.05) is 13.2 Å². The third-order valence-corrected chi connectivity index (χ3v) is 4.56. The Balaban J connectivity index is 3.94. The average Bonchev–Trinajstić information content (AvgIpc) is 2.59. The predicted octanol–water partition coefficient (Wildman–Crippen LogP) is 6.57. The molecule has 0 fully saturated rings. The monoisotopic (exact) mass is 337 g/mol. The van der Waals surface area contributed by atoms with Crippen LogP contribution in [0, 0.1) is 12.5 Å². The third-order valence-electron chi connectivity index (χ3n) is 4.56. The van der Waals surface area contributed by atoms with Crippen molar-refractivity contribution in [1.82, 2.24) is 0 Å². The van der Waals surface area contributed by atoms with E-state index in [0.717, 1.165) is 0 Å². The van der Waals surface area contributed by atoms with Crippen molar-refractivity contribution >= 4 is 5.97 Å². The maximum absolute atomic E-state index is 11.7. The topological polar surface area (TPSA) is 30.7 Å². The first-order valence-corrected chi connectivity index (χ1v) is 10.2. The van der Waals surface area contributed by atoms with E-state index < -0.39 is 0 Å². The summed E-state index contributed by atoms with van der Waals surface area (Å²) >= 11 is 0. The van der Waals surface area contributed by atoms with Crippen LogP contribution in [-0.4, -0.2) is 19.1 Å². The Morgan fingerprint density at radius 1 is 0.875 bits per heavy atom. The molecular weight excluding hydrogens is 298 g/mol. The maximum atomic E-state index is 11.7. The van der Waals surface area contributed by atoms with Crippen molar-refractivity contribution in [1.29, 1.82) is 0 Å². The zero-order valence-corrected chi connectivity index (χ0v) is 16.2. The number of carbonyl (C=O) groups is 1. The van der Waals surface area contributed by atoms with Crippen molar-refractivity contribution in [3.63, 3.8) is 0 Å². The summed E-state index contributed by atoms with van der Waals surface area (Å²) in [6.07, 6.45) is 16.4. The van der Waals surface area contributed by atoms with Crippen LogP contribution in [0.2, 0.25) is 0 Å². The molecule has 140 valence electrons. The molecule has 0 aromatic heterocycles. The first kappa shape index (κ1) is 23.0. The van der Waals surface area contributed by atoms with Crippen molar-refractivity contribution in [2.45, 2.75) is 104 Å². The number of carbonyl (C=O) groups excluding carboxylic acids is 1. The Morgan fingerprint density at radius 2 is 1.42 bits per heavy atom. The number of rotatable bonds is 17. The highest BCUT2D eigenvalue weighted by molar-refractivity contribution is 5.69. The largest absolute Gasteiger partial charge is 0.465 e. The van der Waals surface area contributed by atoms with E-state index in [9.17, 15) is 4.79 Å². The van der Waals surface area contributed by atoms with Crippen LogP contribution in [-0.2, 0) is 9.53 Å². The normalized spacial score (nSPS) is 11.9. The van der Waals surface area contributed by atoms with Gasteiger partial charge < -0.3 is 9.58 Å². The minimum absolute atomic E-state index is 0.125. The first-order chi connectivity index (χ1) is 11.7. The van der Waals surface area contributed by atoms with Crippen LogP contribution < -0.4 is 0 Å². The molecule has 0 radical (unpaired) electrons. The molecule has 0 aromatic carbocycles. The molecule has 24 heavy (non-hydrogen) atoms. The van der Waals surface area contributed by atoms with Gasteiger partial charge in [0.25, 0.3) is 0 Å². The highest BCUT2D eigenvalue weighted by Crippen LogP contribution is 2.19. The lowest BCUT2D eigenvalue weighted by atomic mass is 9.95. The molecule has 0 aliphatic carbocycles. The summed E-state index contributed by atoms with van der Waals surface area (Å²) in [6, 6.07) is 0. The van der Waals surface area contributed by atoms with E-state index in [1.807, 2.05) is 0 Å².